The molecule has 0 spiro atoms. The topological polar surface area (TPSA) is 50.4 Å². The normalized spacial score (nSPS) is 25.2. The predicted molar refractivity (Wildman–Crippen MR) is 93.3 cm³/mol. The molecule has 2 atom stereocenters. The van der Waals surface area contributed by atoms with Crippen LogP contribution in [0.25, 0.3) is 0 Å². The van der Waals surface area contributed by atoms with Crippen LogP contribution < -0.4 is 11.1 Å². The number of hydrogen-bond donors (Lipinski definition) is 2. The lowest BCUT2D eigenvalue weighted by molar-refractivity contribution is 0.334. The predicted octanol–water partition coefficient (Wildman–Crippen LogP) is 3.63. The van der Waals surface area contributed by atoms with Crippen molar-refractivity contribution in [2.45, 2.75) is 57.3 Å². The third-order valence-electron chi connectivity index (χ3n) is 4.78. The summed E-state index contributed by atoms with van der Waals surface area (Å²) in [6, 6.07) is 3.71. The molecule has 0 radical (unpaired) electrons. The Bertz CT molecular complexity index is 675. The summed E-state index contributed by atoms with van der Waals surface area (Å²) < 4.78 is 40.5. The molecule has 2 unspecified atom stereocenters. The van der Waals surface area contributed by atoms with E-state index in [9.17, 15) is 13.2 Å². The molecule has 0 amide bonds. The molecule has 2 fully saturated rings. The van der Waals surface area contributed by atoms with Gasteiger partial charge in [0.2, 0.25) is 0 Å². The lowest BCUT2D eigenvalue weighted by atomic mass is 10.0. The first-order valence-electron chi connectivity index (χ1n) is 8.79. The molecule has 2 saturated carbocycles. The third-order valence-corrected chi connectivity index (χ3v) is 4.78. The van der Waals surface area contributed by atoms with E-state index >= 15 is 0 Å². The van der Waals surface area contributed by atoms with Crippen molar-refractivity contribution in [1.82, 2.24) is 5.32 Å². The van der Waals surface area contributed by atoms with Gasteiger partial charge in [-0.15, -0.1) is 0 Å². The first kappa shape index (κ1) is 18.0. The minimum atomic E-state index is -0.744. The van der Waals surface area contributed by atoms with E-state index in [1.807, 2.05) is 6.92 Å². The summed E-state index contributed by atoms with van der Waals surface area (Å²) in [5.74, 6) is -1.27. The highest BCUT2D eigenvalue weighted by atomic mass is 19.1. The van der Waals surface area contributed by atoms with Crippen molar-refractivity contribution in [1.29, 1.82) is 0 Å². The molecule has 1 aromatic carbocycles. The van der Waals surface area contributed by atoms with Crippen molar-refractivity contribution < 1.29 is 13.2 Å². The largest absolute Gasteiger partial charge is 0.401 e. The number of benzene rings is 1. The van der Waals surface area contributed by atoms with Crippen LogP contribution >= 0.6 is 0 Å². The van der Waals surface area contributed by atoms with E-state index in [1.165, 1.54) is 12.1 Å². The van der Waals surface area contributed by atoms with E-state index in [0.717, 1.165) is 25.3 Å². The molecule has 3 N–H and O–H groups in total. The molecule has 0 aliphatic heterocycles. The van der Waals surface area contributed by atoms with Gasteiger partial charge in [-0.2, -0.15) is 0 Å². The second-order valence-corrected chi connectivity index (χ2v) is 7.01. The number of nitrogens with zero attached hydrogens (tertiary/aromatic N) is 1. The quantitative estimate of drug-likeness (QED) is 0.769. The number of aliphatic imine (C=N–C) groups is 1. The number of alkyl halides is 1. The minimum absolute atomic E-state index is 0.122. The van der Waals surface area contributed by atoms with Crippen molar-refractivity contribution >= 4 is 5.71 Å². The molecule has 2 aliphatic rings. The zero-order chi connectivity index (χ0) is 18.0. The van der Waals surface area contributed by atoms with Gasteiger partial charge in [-0.3, -0.25) is 4.99 Å². The number of rotatable bonds is 6. The fraction of sp³-hybridized carbons (Fsp3) is 0.526. The van der Waals surface area contributed by atoms with Gasteiger partial charge in [0.05, 0.1) is 11.8 Å². The molecule has 0 bridgehead atoms. The van der Waals surface area contributed by atoms with Gasteiger partial charge in [-0.1, -0.05) is 0 Å². The molecule has 3 rings (SSSR count). The fourth-order valence-electron chi connectivity index (χ4n) is 3.12. The van der Waals surface area contributed by atoms with Crippen molar-refractivity contribution in [3.63, 3.8) is 0 Å². The van der Waals surface area contributed by atoms with E-state index in [4.69, 9.17) is 5.73 Å². The molecule has 6 heteroatoms. The van der Waals surface area contributed by atoms with Crippen LogP contribution in [0, 0.1) is 11.6 Å². The molecule has 136 valence electrons. The third kappa shape index (κ3) is 4.84. The minimum Gasteiger partial charge on any atom is -0.401 e. The zero-order valence-electron chi connectivity index (χ0n) is 14.4. The van der Waals surface area contributed by atoms with Crippen molar-refractivity contribution in [3.05, 3.63) is 46.7 Å². The van der Waals surface area contributed by atoms with Gasteiger partial charge in [-0.05, 0) is 56.7 Å². The molecular weight excluding hydrogens is 327 g/mol. The summed E-state index contributed by atoms with van der Waals surface area (Å²) in [5, 5.41) is 3.26. The summed E-state index contributed by atoms with van der Waals surface area (Å²) in [4.78, 5) is 4.61. The van der Waals surface area contributed by atoms with Crippen LogP contribution in [0.1, 0.15) is 44.6 Å². The smallest absolute Gasteiger partial charge is 0.126 e. The van der Waals surface area contributed by atoms with E-state index < -0.39 is 17.8 Å². The lowest BCUT2D eigenvalue weighted by Gasteiger charge is -2.16. The lowest BCUT2D eigenvalue weighted by Crippen LogP contribution is -2.31. The Morgan fingerprint density at radius 1 is 1.16 bits per heavy atom. The Kier molecular flexibility index (Phi) is 5.47. The van der Waals surface area contributed by atoms with Crippen LogP contribution in [0.3, 0.4) is 0 Å². The van der Waals surface area contributed by atoms with Gasteiger partial charge in [-0.25, -0.2) is 13.2 Å². The Morgan fingerprint density at radius 3 is 2.40 bits per heavy atom. The van der Waals surface area contributed by atoms with Crippen LogP contribution in [-0.4, -0.2) is 30.5 Å². The van der Waals surface area contributed by atoms with Crippen molar-refractivity contribution in [3.8, 4) is 0 Å². The standard InChI is InChI=1S/C19H24F3N3/c1-11(18(23)10-24-17-3-2-13(20)9-17)19(25-16-4-5-16)12-6-14(21)8-15(22)7-12/h6-8,13,16-17,24H,2-5,9-10,23H2,1H3. The number of nitrogens with one attached hydrogen (secondary N) is 1. The number of nitrogens with two attached hydrogens (primary N) is 1. The van der Waals surface area contributed by atoms with Crippen LogP contribution in [-0.2, 0) is 0 Å². The second-order valence-electron chi connectivity index (χ2n) is 7.01. The van der Waals surface area contributed by atoms with Crippen LogP contribution in [0.15, 0.2) is 34.5 Å². The molecule has 25 heavy (non-hydrogen) atoms. The fourth-order valence-corrected chi connectivity index (χ4v) is 3.12. The highest BCUT2D eigenvalue weighted by Crippen LogP contribution is 2.27. The molecule has 0 saturated heterocycles. The maximum absolute atomic E-state index is 13.6. The van der Waals surface area contributed by atoms with Crippen LogP contribution in [0.2, 0.25) is 0 Å². The average molecular weight is 351 g/mol. The first-order chi connectivity index (χ1) is 11.9. The molecule has 1 aromatic rings. The molecule has 0 heterocycles. The zero-order valence-corrected chi connectivity index (χ0v) is 14.4. The molecule has 0 aromatic heterocycles. The number of allylic oxidation sites excluding steroid dienone is 1. The maximum Gasteiger partial charge on any atom is 0.126 e. The molecular formula is C19H24F3N3. The summed E-state index contributed by atoms with van der Waals surface area (Å²) >= 11 is 0. The summed E-state index contributed by atoms with van der Waals surface area (Å²) in [6.45, 7) is 2.22. The van der Waals surface area contributed by atoms with Gasteiger partial charge in [0, 0.05) is 29.9 Å². The van der Waals surface area contributed by atoms with Crippen LogP contribution in [0.5, 0.6) is 0 Å². The first-order valence-corrected chi connectivity index (χ1v) is 8.79. The number of halogens is 3. The monoisotopic (exact) mass is 351 g/mol. The Labute approximate surface area is 146 Å². The van der Waals surface area contributed by atoms with Crippen molar-refractivity contribution in [2.75, 3.05) is 6.54 Å². The molecule has 2 aliphatic carbocycles. The van der Waals surface area contributed by atoms with E-state index in [1.54, 1.807) is 0 Å². The maximum atomic E-state index is 13.6. The van der Waals surface area contributed by atoms with Crippen molar-refractivity contribution in [2.24, 2.45) is 10.7 Å². The highest BCUT2D eigenvalue weighted by molar-refractivity contribution is 6.12. The van der Waals surface area contributed by atoms with Gasteiger partial charge < -0.3 is 11.1 Å². The SMILES string of the molecule is CC(C(=NC1CC1)c1cc(F)cc(F)c1)=C(N)CNC1CCC(F)C1. The van der Waals surface area contributed by atoms with Gasteiger partial charge >= 0.3 is 0 Å². The summed E-state index contributed by atoms with van der Waals surface area (Å²) in [5.41, 5.74) is 8.40. The van der Waals surface area contributed by atoms with Gasteiger partial charge in [0.15, 0.2) is 0 Å². The highest BCUT2D eigenvalue weighted by Gasteiger charge is 2.25. The second kappa shape index (κ2) is 7.60. The van der Waals surface area contributed by atoms with Gasteiger partial charge in [0.25, 0.3) is 0 Å². The van der Waals surface area contributed by atoms with E-state index in [2.05, 4.69) is 10.3 Å². The number of hydrogen-bond acceptors (Lipinski definition) is 3. The van der Waals surface area contributed by atoms with E-state index in [-0.39, 0.29) is 12.1 Å². The van der Waals surface area contributed by atoms with Crippen LogP contribution in [0.4, 0.5) is 13.2 Å². The van der Waals surface area contributed by atoms with Gasteiger partial charge in [0.1, 0.15) is 17.8 Å². The Morgan fingerprint density at radius 2 is 1.84 bits per heavy atom. The van der Waals surface area contributed by atoms with E-state index in [0.29, 0.717) is 41.9 Å². The Hall–Kier alpha value is -1.82. The average Bonchev–Trinajstić information content (AvgIpc) is 3.28. The summed E-state index contributed by atoms with van der Waals surface area (Å²) in [6.07, 6.45) is 3.10. The molecule has 3 nitrogen and oxygen atoms in total. The summed E-state index contributed by atoms with van der Waals surface area (Å²) in [7, 11) is 0. The Balaban J connectivity index is 1.79.